The third-order valence-corrected chi connectivity index (χ3v) is 2.74. The van der Waals surface area contributed by atoms with Gasteiger partial charge in [0.25, 0.3) is 0 Å². The molecule has 3 heteroatoms. The van der Waals surface area contributed by atoms with Crippen LogP contribution in [0.5, 0.6) is 0 Å². The van der Waals surface area contributed by atoms with Crippen LogP contribution in [0.15, 0.2) is 24.3 Å². The molecule has 0 aromatic heterocycles. The van der Waals surface area contributed by atoms with E-state index in [1.54, 1.807) is 6.08 Å². The average Bonchev–Trinajstić information content (AvgIpc) is 2.63. The maximum Gasteiger partial charge on any atom is 0.155 e. The molecule has 0 N–H and O–H groups in total. The zero-order valence-electron chi connectivity index (χ0n) is 9.02. The van der Waals surface area contributed by atoms with Crippen LogP contribution in [0.25, 0.3) is 0 Å². The molecule has 0 saturated carbocycles. The maximum absolute atomic E-state index is 10.9. The van der Waals surface area contributed by atoms with Gasteiger partial charge in [-0.15, -0.1) is 0 Å². The summed E-state index contributed by atoms with van der Waals surface area (Å²) in [6.07, 6.45) is 13.2. The van der Waals surface area contributed by atoms with E-state index < -0.39 is 0 Å². The minimum Gasteiger partial charge on any atom is -0.366 e. The first-order valence-electron chi connectivity index (χ1n) is 5.50. The van der Waals surface area contributed by atoms with Gasteiger partial charge in [0.05, 0.1) is 6.61 Å². The molecule has 1 rings (SSSR count). The first-order valence-corrected chi connectivity index (χ1v) is 5.98. The Labute approximate surface area is 94.1 Å². The zero-order chi connectivity index (χ0) is 10.9. The Bertz CT molecular complexity index is 246. The molecule has 0 saturated heterocycles. The van der Waals surface area contributed by atoms with Crippen molar-refractivity contribution in [3.05, 3.63) is 24.3 Å². The van der Waals surface area contributed by atoms with Gasteiger partial charge in [0, 0.05) is 15.9 Å². The van der Waals surface area contributed by atoms with Gasteiger partial charge in [0.15, 0.2) is 5.78 Å². The summed E-state index contributed by atoms with van der Waals surface area (Å²) in [7, 11) is 2.26. The summed E-state index contributed by atoms with van der Waals surface area (Å²) < 4.78 is 4.89. The maximum atomic E-state index is 10.9. The van der Waals surface area contributed by atoms with Crippen molar-refractivity contribution in [1.82, 2.24) is 0 Å². The van der Waals surface area contributed by atoms with Gasteiger partial charge in [0.2, 0.25) is 0 Å². The normalized spacial score (nSPS) is 20.6. The minimum absolute atomic E-state index is 0.269. The number of hydrogen-bond donors (Lipinski definition) is 0. The predicted octanol–water partition coefficient (Wildman–Crippen LogP) is 3.05. The highest BCUT2D eigenvalue weighted by molar-refractivity contribution is 7.09. The van der Waals surface area contributed by atoms with Gasteiger partial charge < -0.3 is 4.52 Å². The summed E-state index contributed by atoms with van der Waals surface area (Å²) in [4.78, 5) is 10.9. The fraction of sp³-hybridized carbons (Fsp3) is 0.583. The molecule has 0 aromatic rings. The highest BCUT2D eigenvalue weighted by atomic mass is 31.0. The fourth-order valence-electron chi connectivity index (χ4n) is 1.64. The van der Waals surface area contributed by atoms with Crippen LogP contribution in [0.3, 0.4) is 0 Å². The Hall–Kier alpha value is -0.460. The molecule has 2 nitrogen and oxygen atoms in total. The molecule has 1 aliphatic carbocycles. The molecule has 0 bridgehead atoms. The van der Waals surface area contributed by atoms with Crippen molar-refractivity contribution < 1.29 is 9.32 Å². The molecule has 2 atom stereocenters. The SMILES string of the molecule is O=C1C=C[C@H](C/C=C\CCCCOP)C1. The fourth-order valence-corrected chi connectivity index (χ4v) is 1.80. The van der Waals surface area contributed by atoms with Crippen LogP contribution in [-0.2, 0) is 9.32 Å². The van der Waals surface area contributed by atoms with Crippen LogP contribution in [0.1, 0.15) is 32.1 Å². The molecule has 0 heterocycles. The number of allylic oxidation sites excluding steroid dienone is 4. The van der Waals surface area contributed by atoms with Crippen molar-refractivity contribution in [1.29, 1.82) is 0 Å². The molecule has 0 aliphatic heterocycles. The van der Waals surface area contributed by atoms with Gasteiger partial charge >= 0.3 is 0 Å². The van der Waals surface area contributed by atoms with Gasteiger partial charge in [-0.05, 0) is 37.7 Å². The monoisotopic (exact) mass is 226 g/mol. The highest BCUT2D eigenvalue weighted by Crippen LogP contribution is 2.18. The van der Waals surface area contributed by atoms with E-state index >= 15 is 0 Å². The lowest BCUT2D eigenvalue weighted by Gasteiger charge is -2.00. The van der Waals surface area contributed by atoms with Crippen molar-refractivity contribution in [3.63, 3.8) is 0 Å². The summed E-state index contributed by atoms with van der Waals surface area (Å²) in [6.45, 7) is 0.818. The van der Waals surface area contributed by atoms with Crippen molar-refractivity contribution in [2.75, 3.05) is 6.61 Å². The lowest BCUT2D eigenvalue weighted by Crippen LogP contribution is -1.94. The van der Waals surface area contributed by atoms with Gasteiger partial charge in [-0.2, -0.15) is 0 Å². The number of rotatable bonds is 7. The largest absolute Gasteiger partial charge is 0.366 e. The topological polar surface area (TPSA) is 26.3 Å². The van der Waals surface area contributed by atoms with E-state index in [1.807, 2.05) is 6.08 Å². The molecule has 0 radical (unpaired) electrons. The van der Waals surface area contributed by atoms with E-state index in [1.165, 1.54) is 6.42 Å². The van der Waals surface area contributed by atoms with Crippen LogP contribution in [0.4, 0.5) is 0 Å². The minimum atomic E-state index is 0.269. The average molecular weight is 226 g/mol. The standard InChI is InChI=1S/C12H19O2P/c13-12-8-7-11(10-12)6-4-2-1-3-5-9-14-15/h2,4,7-8,11H,1,3,5-6,9-10,15H2/b4-2-/t11-/m0/s1. The van der Waals surface area contributed by atoms with Crippen molar-refractivity contribution in [2.24, 2.45) is 5.92 Å². The van der Waals surface area contributed by atoms with Crippen LogP contribution >= 0.6 is 9.47 Å². The summed E-state index contributed by atoms with van der Waals surface area (Å²) in [5.74, 6) is 0.718. The quantitative estimate of drug-likeness (QED) is 0.379. The van der Waals surface area contributed by atoms with E-state index in [9.17, 15) is 4.79 Å². The summed E-state index contributed by atoms with van der Waals surface area (Å²) in [5.41, 5.74) is 0. The Kier molecular flexibility index (Phi) is 6.54. The number of ketones is 1. The summed E-state index contributed by atoms with van der Waals surface area (Å²) >= 11 is 0. The van der Waals surface area contributed by atoms with Gasteiger partial charge in [0.1, 0.15) is 0 Å². The molecule has 1 aliphatic rings. The highest BCUT2D eigenvalue weighted by Gasteiger charge is 2.13. The molecule has 1 unspecified atom stereocenters. The number of carbonyl (C=O) groups excluding carboxylic acids is 1. The Morgan fingerprint density at radius 1 is 1.47 bits per heavy atom. The Balaban J connectivity index is 1.97. The smallest absolute Gasteiger partial charge is 0.155 e. The van der Waals surface area contributed by atoms with Gasteiger partial charge in [-0.3, -0.25) is 4.79 Å². The van der Waals surface area contributed by atoms with Crippen LogP contribution in [-0.4, -0.2) is 12.4 Å². The summed E-state index contributed by atoms with van der Waals surface area (Å²) in [5, 5.41) is 0. The molecule has 0 fully saturated rings. The summed E-state index contributed by atoms with van der Waals surface area (Å²) in [6, 6.07) is 0. The van der Waals surface area contributed by atoms with Gasteiger partial charge in [-0.1, -0.05) is 18.2 Å². The van der Waals surface area contributed by atoms with Crippen molar-refractivity contribution in [3.8, 4) is 0 Å². The lowest BCUT2D eigenvalue weighted by atomic mass is 10.0. The third kappa shape index (κ3) is 5.86. The number of carbonyl (C=O) groups is 1. The molecule has 0 amide bonds. The van der Waals surface area contributed by atoms with Crippen LogP contribution in [0, 0.1) is 5.92 Å². The predicted molar refractivity (Wildman–Crippen MR) is 65.5 cm³/mol. The molecular weight excluding hydrogens is 207 g/mol. The van der Waals surface area contributed by atoms with E-state index in [4.69, 9.17) is 4.52 Å². The van der Waals surface area contributed by atoms with Crippen LogP contribution < -0.4 is 0 Å². The molecule has 84 valence electrons. The first kappa shape index (κ1) is 12.6. The third-order valence-electron chi connectivity index (χ3n) is 2.51. The molecule has 0 spiro atoms. The second-order valence-electron chi connectivity index (χ2n) is 3.86. The Morgan fingerprint density at radius 3 is 3.00 bits per heavy atom. The Morgan fingerprint density at radius 2 is 2.33 bits per heavy atom. The number of hydrogen-bond acceptors (Lipinski definition) is 2. The van der Waals surface area contributed by atoms with E-state index in [-0.39, 0.29) is 5.78 Å². The van der Waals surface area contributed by atoms with Crippen molar-refractivity contribution >= 4 is 15.2 Å². The molecular formula is C12H19O2P. The molecule has 0 aromatic carbocycles. The zero-order valence-corrected chi connectivity index (χ0v) is 10.2. The van der Waals surface area contributed by atoms with Crippen LogP contribution in [0.2, 0.25) is 0 Å². The van der Waals surface area contributed by atoms with Crippen molar-refractivity contribution in [2.45, 2.75) is 32.1 Å². The van der Waals surface area contributed by atoms with Gasteiger partial charge in [-0.25, -0.2) is 0 Å². The lowest BCUT2D eigenvalue weighted by molar-refractivity contribution is -0.114. The second-order valence-corrected chi connectivity index (χ2v) is 4.20. The van der Waals surface area contributed by atoms with E-state index in [0.717, 1.165) is 25.9 Å². The number of unbranched alkanes of at least 4 members (excludes halogenated alkanes) is 2. The first-order chi connectivity index (χ1) is 7.33. The van der Waals surface area contributed by atoms with E-state index in [0.29, 0.717) is 12.3 Å². The van der Waals surface area contributed by atoms with E-state index in [2.05, 4.69) is 21.6 Å². The second kappa shape index (κ2) is 7.78. The molecule has 15 heavy (non-hydrogen) atoms.